The molecule has 0 aliphatic rings. The number of carbonyl (C=O) groups is 3. The summed E-state index contributed by atoms with van der Waals surface area (Å²) in [5.41, 5.74) is 1.03. The molecule has 0 aromatic heterocycles. The zero-order valence-corrected chi connectivity index (χ0v) is 12.2. The van der Waals surface area contributed by atoms with E-state index in [9.17, 15) is 14.4 Å². The fraction of sp³-hybridized carbons (Fsp3) is 0.400. The Hall–Kier alpha value is -2.21. The average Bonchev–Trinajstić information content (AvgIpc) is 2.51. The highest BCUT2D eigenvalue weighted by Crippen LogP contribution is 2.10. The van der Waals surface area contributed by atoms with E-state index in [2.05, 4.69) is 5.32 Å². The van der Waals surface area contributed by atoms with Crippen molar-refractivity contribution in [2.45, 2.75) is 20.3 Å². The lowest BCUT2D eigenvalue weighted by molar-refractivity contribution is -0.147. The Balaban J connectivity index is 2.47. The molecule has 0 spiro atoms. The van der Waals surface area contributed by atoms with Gasteiger partial charge in [-0.25, -0.2) is 4.79 Å². The van der Waals surface area contributed by atoms with E-state index in [0.29, 0.717) is 24.3 Å². The van der Waals surface area contributed by atoms with Crippen molar-refractivity contribution in [2.75, 3.05) is 25.1 Å². The van der Waals surface area contributed by atoms with E-state index < -0.39 is 5.97 Å². The van der Waals surface area contributed by atoms with Gasteiger partial charge in [0.25, 0.3) is 0 Å². The van der Waals surface area contributed by atoms with Crippen LogP contribution in [0.3, 0.4) is 0 Å². The van der Waals surface area contributed by atoms with Crippen LogP contribution in [0.5, 0.6) is 0 Å². The summed E-state index contributed by atoms with van der Waals surface area (Å²) in [6, 6.07) is 6.40. The minimum absolute atomic E-state index is 0.0982. The van der Waals surface area contributed by atoms with Gasteiger partial charge in [-0.3, -0.25) is 9.59 Å². The number of anilines is 1. The summed E-state index contributed by atoms with van der Waals surface area (Å²) in [6.07, 6.45) is 0.385. The van der Waals surface area contributed by atoms with Crippen LogP contribution in [-0.2, 0) is 19.1 Å². The number of Topliss-reactive ketones (excluding diaryl/α,β-unsaturated/α-hetero) is 1. The quantitative estimate of drug-likeness (QED) is 0.584. The predicted molar refractivity (Wildman–Crippen MR) is 77.1 cm³/mol. The molecule has 0 saturated carbocycles. The second kappa shape index (κ2) is 8.86. The average molecular weight is 293 g/mol. The van der Waals surface area contributed by atoms with E-state index in [4.69, 9.17) is 9.47 Å². The molecule has 1 aromatic carbocycles. The van der Waals surface area contributed by atoms with Crippen molar-refractivity contribution in [1.82, 2.24) is 0 Å². The van der Waals surface area contributed by atoms with E-state index >= 15 is 0 Å². The van der Waals surface area contributed by atoms with E-state index in [-0.39, 0.29) is 24.9 Å². The second-order valence-electron chi connectivity index (χ2n) is 4.20. The smallest absolute Gasteiger partial charge is 0.332 e. The maximum atomic E-state index is 11.8. The van der Waals surface area contributed by atoms with Crippen molar-refractivity contribution in [3.8, 4) is 0 Å². The number of hydrogen-bond donors (Lipinski definition) is 1. The molecule has 1 rings (SSSR count). The lowest BCUT2D eigenvalue weighted by Gasteiger charge is -2.06. The number of ether oxygens (including phenoxy) is 2. The number of carbonyl (C=O) groups excluding carboxylic acids is 3. The number of rotatable bonds is 8. The first-order valence-electron chi connectivity index (χ1n) is 6.73. The first-order valence-corrected chi connectivity index (χ1v) is 6.73. The maximum absolute atomic E-state index is 11.8. The largest absolute Gasteiger partial charge is 0.456 e. The van der Waals surface area contributed by atoms with Gasteiger partial charge in [0.1, 0.15) is 6.61 Å². The third kappa shape index (κ3) is 6.18. The Labute approximate surface area is 123 Å². The predicted octanol–water partition coefficient (Wildman–Crippen LogP) is 1.80. The summed E-state index contributed by atoms with van der Waals surface area (Å²) >= 11 is 0. The SMILES string of the molecule is CCOCC(=O)OCC(=O)c1ccc(NC(=O)CC)cc1. The second-order valence-corrected chi connectivity index (χ2v) is 4.20. The highest BCUT2D eigenvalue weighted by atomic mass is 16.6. The van der Waals surface area contributed by atoms with Crippen molar-refractivity contribution in [2.24, 2.45) is 0 Å². The molecule has 0 heterocycles. The molecule has 21 heavy (non-hydrogen) atoms. The molecule has 0 aliphatic heterocycles. The molecule has 0 saturated heterocycles. The van der Waals surface area contributed by atoms with Crippen molar-refractivity contribution < 1.29 is 23.9 Å². The molecule has 0 unspecified atom stereocenters. The van der Waals surface area contributed by atoms with Crippen LogP contribution in [0.4, 0.5) is 5.69 Å². The van der Waals surface area contributed by atoms with Gasteiger partial charge in [0.05, 0.1) is 0 Å². The number of benzene rings is 1. The first-order chi connectivity index (χ1) is 10.1. The summed E-state index contributed by atoms with van der Waals surface area (Å²) in [6.45, 7) is 3.44. The van der Waals surface area contributed by atoms with Crippen molar-refractivity contribution in [3.63, 3.8) is 0 Å². The Morgan fingerprint density at radius 2 is 1.71 bits per heavy atom. The molecule has 0 radical (unpaired) electrons. The van der Waals surface area contributed by atoms with E-state index in [0.717, 1.165) is 0 Å². The molecule has 1 amide bonds. The number of ketones is 1. The summed E-state index contributed by atoms with van der Waals surface area (Å²) in [5.74, 6) is -0.982. The topological polar surface area (TPSA) is 81.7 Å². The number of amides is 1. The van der Waals surface area contributed by atoms with Crippen LogP contribution in [0.1, 0.15) is 30.6 Å². The zero-order valence-electron chi connectivity index (χ0n) is 12.2. The van der Waals surface area contributed by atoms with Crippen LogP contribution in [0, 0.1) is 0 Å². The monoisotopic (exact) mass is 293 g/mol. The molecule has 6 heteroatoms. The Morgan fingerprint density at radius 1 is 1.05 bits per heavy atom. The summed E-state index contributed by atoms with van der Waals surface area (Å²) < 4.78 is 9.66. The summed E-state index contributed by atoms with van der Waals surface area (Å²) in [7, 11) is 0. The van der Waals surface area contributed by atoms with Crippen LogP contribution in [0.25, 0.3) is 0 Å². The molecule has 0 atom stereocenters. The van der Waals surface area contributed by atoms with Crippen molar-refractivity contribution in [1.29, 1.82) is 0 Å². The van der Waals surface area contributed by atoms with E-state index in [1.165, 1.54) is 0 Å². The van der Waals surface area contributed by atoms with Gasteiger partial charge in [-0.05, 0) is 31.2 Å². The normalized spacial score (nSPS) is 10.0. The summed E-state index contributed by atoms with van der Waals surface area (Å²) in [4.78, 5) is 34.2. The minimum atomic E-state index is -0.572. The van der Waals surface area contributed by atoms with Gasteiger partial charge in [0.15, 0.2) is 12.4 Å². The van der Waals surface area contributed by atoms with Crippen molar-refractivity contribution >= 4 is 23.3 Å². The Bertz CT molecular complexity index is 495. The highest BCUT2D eigenvalue weighted by Gasteiger charge is 2.10. The fourth-order valence-corrected chi connectivity index (χ4v) is 1.45. The van der Waals surface area contributed by atoms with Gasteiger partial charge in [-0.15, -0.1) is 0 Å². The third-order valence-corrected chi connectivity index (χ3v) is 2.60. The van der Waals surface area contributed by atoms with Crippen LogP contribution in [-0.4, -0.2) is 37.5 Å². The minimum Gasteiger partial charge on any atom is -0.456 e. The molecular weight excluding hydrogens is 274 g/mol. The molecule has 1 N–H and O–H groups in total. The number of nitrogens with one attached hydrogen (secondary N) is 1. The molecule has 6 nitrogen and oxygen atoms in total. The standard InChI is InChI=1S/C15H19NO5/c1-3-14(18)16-12-7-5-11(6-8-12)13(17)9-21-15(19)10-20-4-2/h5-8H,3-4,9-10H2,1-2H3,(H,16,18). The molecule has 0 aliphatic carbocycles. The van der Waals surface area contributed by atoms with Gasteiger partial charge in [-0.1, -0.05) is 6.92 Å². The van der Waals surface area contributed by atoms with Gasteiger partial charge < -0.3 is 14.8 Å². The van der Waals surface area contributed by atoms with Crippen LogP contribution < -0.4 is 5.32 Å². The third-order valence-electron chi connectivity index (χ3n) is 2.60. The van der Waals surface area contributed by atoms with Crippen molar-refractivity contribution in [3.05, 3.63) is 29.8 Å². The van der Waals surface area contributed by atoms with Gasteiger partial charge in [0.2, 0.25) is 5.91 Å². The summed E-state index contributed by atoms with van der Waals surface area (Å²) in [5, 5.41) is 2.68. The van der Waals surface area contributed by atoms with Crippen LogP contribution in [0.15, 0.2) is 24.3 Å². The van der Waals surface area contributed by atoms with Crippen LogP contribution in [0.2, 0.25) is 0 Å². The van der Waals surface area contributed by atoms with Crippen LogP contribution >= 0.6 is 0 Å². The Kier molecular flexibility index (Phi) is 7.11. The molecule has 0 fully saturated rings. The maximum Gasteiger partial charge on any atom is 0.332 e. The molecule has 0 bridgehead atoms. The van der Waals surface area contributed by atoms with Gasteiger partial charge in [0, 0.05) is 24.3 Å². The highest BCUT2D eigenvalue weighted by molar-refractivity contribution is 5.98. The lowest BCUT2D eigenvalue weighted by atomic mass is 10.1. The molecule has 114 valence electrons. The van der Waals surface area contributed by atoms with Gasteiger partial charge >= 0.3 is 5.97 Å². The number of esters is 1. The molecular formula is C15H19NO5. The van der Waals surface area contributed by atoms with E-state index in [1.807, 2.05) is 0 Å². The first kappa shape index (κ1) is 16.8. The fourth-order valence-electron chi connectivity index (χ4n) is 1.45. The Morgan fingerprint density at radius 3 is 2.29 bits per heavy atom. The zero-order chi connectivity index (χ0) is 15.7. The molecule has 1 aromatic rings. The van der Waals surface area contributed by atoms with Gasteiger partial charge in [-0.2, -0.15) is 0 Å². The van der Waals surface area contributed by atoms with E-state index in [1.54, 1.807) is 38.1 Å². The lowest BCUT2D eigenvalue weighted by Crippen LogP contribution is -2.18. The number of hydrogen-bond acceptors (Lipinski definition) is 5.